The van der Waals surface area contributed by atoms with Gasteiger partial charge in [0.25, 0.3) is 0 Å². The lowest BCUT2D eigenvalue weighted by atomic mass is 9.89. The van der Waals surface area contributed by atoms with Crippen molar-refractivity contribution in [2.24, 2.45) is 0 Å². The van der Waals surface area contributed by atoms with Gasteiger partial charge in [0.1, 0.15) is 12.4 Å². The quantitative estimate of drug-likeness (QED) is 0.277. The molecule has 3 aromatic heterocycles. The zero-order valence-corrected chi connectivity index (χ0v) is 23.2. The summed E-state index contributed by atoms with van der Waals surface area (Å²) >= 11 is 6.69. The molecular formula is C24H32ClN5O3SSi. The molecule has 0 radical (unpaired) electrons. The summed E-state index contributed by atoms with van der Waals surface area (Å²) < 4.78 is 35.8. The van der Waals surface area contributed by atoms with Gasteiger partial charge in [0, 0.05) is 63.5 Å². The first-order valence-corrected chi connectivity index (χ1v) is 17.4. The molecule has 0 amide bonds. The average Bonchev–Trinajstić information content (AvgIpc) is 3.36. The Bertz CT molecular complexity index is 1360. The molecule has 0 N–H and O–H groups in total. The molecule has 1 fully saturated rings. The SMILES string of the molecule is CCS(=O)(=O)N1CC(CC#N)(n2cc(Cl)c(-c3ccnc4c3ccn4COCC[Si](C)(C)C)c2)C1. The van der Waals surface area contributed by atoms with Gasteiger partial charge in [-0.05, 0) is 30.7 Å². The summed E-state index contributed by atoms with van der Waals surface area (Å²) in [6, 6.07) is 7.27. The summed E-state index contributed by atoms with van der Waals surface area (Å²) in [5.41, 5.74) is 1.95. The summed E-state index contributed by atoms with van der Waals surface area (Å²) in [7, 11) is -4.45. The van der Waals surface area contributed by atoms with Crippen molar-refractivity contribution in [3.05, 3.63) is 41.9 Å². The number of aromatic nitrogens is 3. The minimum Gasteiger partial charge on any atom is -0.361 e. The van der Waals surface area contributed by atoms with Crippen LogP contribution in [0.2, 0.25) is 30.7 Å². The van der Waals surface area contributed by atoms with Gasteiger partial charge in [-0.1, -0.05) is 31.2 Å². The smallest absolute Gasteiger partial charge is 0.213 e. The van der Waals surface area contributed by atoms with Gasteiger partial charge < -0.3 is 13.9 Å². The van der Waals surface area contributed by atoms with Gasteiger partial charge in [-0.15, -0.1) is 0 Å². The van der Waals surface area contributed by atoms with Gasteiger partial charge >= 0.3 is 0 Å². The van der Waals surface area contributed by atoms with Crippen LogP contribution in [0, 0.1) is 11.3 Å². The van der Waals surface area contributed by atoms with Crippen LogP contribution in [0.15, 0.2) is 36.9 Å². The molecule has 188 valence electrons. The number of nitriles is 1. The lowest BCUT2D eigenvalue weighted by Gasteiger charge is -2.48. The van der Waals surface area contributed by atoms with E-state index >= 15 is 0 Å². The molecule has 11 heteroatoms. The maximum Gasteiger partial charge on any atom is 0.213 e. The first-order chi connectivity index (χ1) is 16.5. The second-order valence-electron chi connectivity index (χ2n) is 10.4. The minimum absolute atomic E-state index is 0.0428. The highest BCUT2D eigenvalue weighted by atomic mass is 35.5. The Hall–Kier alpha value is -2.16. The highest BCUT2D eigenvalue weighted by molar-refractivity contribution is 7.89. The van der Waals surface area contributed by atoms with E-state index in [1.165, 1.54) is 4.31 Å². The molecule has 1 aliphatic rings. The predicted octanol–water partition coefficient (Wildman–Crippen LogP) is 4.74. The molecule has 35 heavy (non-hydrogen) atoms. The lowest BCUT2D eigenvalue weighted by molar-refractivity contribution is 0.0851. The Balaban J connectivity index is 1.60. The molecule has 0 aromatic carbocycles. The molecular weight excluding hydrogens is 502 g/mol. The second-order valence-corrected chi connectivity index (χ2v) is 18.7. The van der Waals surface area contributed by atoms with E-state index in [-0.39, 0.29) is 25.3 Å². The van der Waals surface area contributed by atoms with Crippen molar-refractivity contribution in [2.45, 2.75) is 51.3 Å². The number of pyridine rings is 1. The largest absolute Gasteiger partial charge is 0.361 e. The van der Waals surface area contributed by atoms with E-state index in [0.717, 1.165) is 34.8 Å². The maximum absolute atomic E-state index is 12.3. The third kappa shape index (κ3) is 5.20. The van der Waals surface area contributed by atoms with Crippen LogP contribution in [0.5, 0.6) is 0 Å². The molecule has 1 aliphatic heterocycles. The lowest BCUT2D eigenvalue weighted by Crippen LogP contribution is -2.63. The molecule has 0 atom stereocenters. The van der Waals surface area contributed by atoms with Gasteiger partial charge in [0.05, 0.1) is 28.8 Å². The van der Waals surface area contributed by atoms with Crippen LogP contribution in [0.4, 0.5) is 0 Å². The first kappa shape index (κ1) is 25.9. The van der Waals surface area contributed by atoms with Gasteiger partial charge in [-0.2, -0.15) is 9.57 Å². The zero-order valence-electron chi connectivity index (χ0n) is 20.7. The number of sulfonamides is 1. The first-order valence-electron chi connectivity index (χ1n) is 11.7. The highest BCUT2D eigenvalue weighted by Crippen LogP contribution is 2.40. The van der Waals surface area contributed by atoms with Crippen LogP contribution in [0.1, 0.15) is 13.3 Å². The van der Waals surface area contributed by atoms with Crippen LogP contribution in [-0.4, -0.2) is 60.4 Å². The molecule has 1 saturated heterocycles. The summed E-state index contributed by atoms with van der Waals surface area (Å²) in [4.78, 5) is 4.57. The fourth-order valence-corrected chi connectivity index (χ4v) is 6.63. The summed E-state index contributed by atoms with van der Waals surface area (Å²) in [5, 5.41) is 11.0. The number of rotatable bonds is 10. The van der Waals surface area contributed by atoms with Crippen LogP contribution in [0.25, 0.3) is 22.2 Å². The number of hydrogen-bond acceptors (Lipinski definition) is 5. The van der Waals surface area contributed by atoms with Gasteiger partial charge in [0.2, 0.25) is 10.0 Å². The molecule has 4 rings (SSSR count). The molecule has 8 nitrogen and oxygen atoms in total. The molecule has 0 spiro atoms. The Labute approximate surface area is 213 Å². The molecule has 0 unspecified atom stereocenters. The van der Waals surface area contributed by atoms with Crippen LogP contribution in [-0.2, 0) is 27.0 Å². The predicted molar refractivity (Wildman–Crippen MR) is 142 cm³/mol. The summed E-state index contributed by atoms with van der Waals surface area (Å²) in [6.07, 6.45) is 7.65. The number of hydrogen-bond donors (Lipinski definition) is 0. The number of nitrogens with zero attached hydrogens (tertiary/aromatic N) is 5. The van der Waals surface area contributed by atoms with Crippen LogP contribution >= 0.6 is 11.6 Å². The fraction of sp³-hybridized carbons (Fsp3) is 0.500. The van der Waals surface area contributed by atoms with Crippen molar-refractivity contribution in [2.75, 3.05) is 25.4 Å². The van der Waals surface area contributed by atoms with Gasteiger partial charge in [-0.3, -0.25) is 0 Å². The fourth-order valence-electron chi connectivity index (χ4n) is 4.38. The minimum atomic E-state index is -3.30. The van der Waals surface area contributed by atoms with E-state index in [2.05, 4.69) is 30.7 Å². The van der Waals surface area contributed by atoms with E-state index in [1.807, 2.05) is 33.7 Å². The number of halogens is 1. The Kier molecular flexibility index (Phi) is 7.19. The van der Waals surface area contributed by atoms with E-state index in [9.17, 15) is 13.7 Å². The zero-order chi connectivity index (χ0) is 25.4. The summed E-state index contributed by atoms with van der Waals surface area (Å²) in [6.45, 7) is 10.3. The van der Waals surface area contributed by atoms with Gasteiger partial charge in [0.15, 0.2) is 0 Å². The van der Waals surface area contributed by atoms with Crippen molar-refractivity contribution in [3.63, 3.8) is 0 Å². The Morgan fingerprint density at radius 1 is 1.23 bits per heavy atom. The van der Waals surface area contributed by atoms with E-state index in [4.69, 9.17) is 16.3 Å². The monoisotopic (exact) mass is 533 g/mol. The second kappa shape index (κ2) is 9.71. The van der Waals surface area contributed by atoms with Crippen LogP contribution in [0.3, 0.4) is 0 Å². The summed E-state index contributed by atoms with van der Waals surface area (Å²) in [5.74, 6) is 0.0428. The van der Waals surface area contributed by atoms with Crippen molar-refractivity contribution in [3.8, 4) is 17.2 Å². The molecule has 4 heterocycles. The molecule has 0 aliphatic carbocycles. The van der Waals surface area contributed by atoms with E-state index < -0.39 is 23.6 Å². The van der Waals surface area contributed by atoms with Crippen molar-refractivity contribution in [1.29, 1.82) is 5.26 Å². The Morgan fingerprint density at radius 3 is 2.63 bits per heavy atom. The van der Waals surface area contributed by atoms with Gasteiger partial charge in [-0.25, -0.2) is 13.4 Å². The van der Waals surface area contributed by atoms with Crippen molar-refractivity contribution >= 4 is 40.7 Å². The number of fused-ring (bicyclic) bond motifs is 1. The van der Waals surface area contributed by atoms with Crippen molar-refractivity contribution < 1.29 is 13.2 Å². The number of ether oxygens (including phenoxy) is 1. The van der Waals surface area contributed by atoms with E-state index in [0.29, 0.717) is 11.8 Å². The van der Waals surface area contributed by atoms with E-state index in [1.54, 1.807) is 19.3 Å². The topological polar surface area (TPSA) is 93.1 Å². The van der Waals surface area contributed by atoms with Crippen molar-refractivity contribution in [1.82, 2.24) is 18.4 Å². The standard InChI is InChI=1S/C24H32ClN5O3SSi/c1-5-34(31,32)30-16-24(17-30,8-9-26)29-14-21(22(25)15-29)19-6-10-27-23-20(19)7-11-28(23)18-33-12-13-35(2,3)4/h6-7,10-11,14-15H,5,8,12-13,16-18H2,1-4H3. The average molecular weight is 534 g/mol. The maximum atomic E-state index is 12.3. The Morgan fingerprint density at radius 2 is 1.97 bits per heavy atom. The third-order valence-electron chi connectivity index (χ3n) is 6.61. The molecule has 0 saturated carbocycles. The van der Waals surface area contributed by atoms with Crippen LogP contribution < -0.4 is 0 Å². The normalized spacial score (nSPS) is 16.3. The molecule has 3 aromatic rings. The highest BCUT2D eigenvalue weighted by Gasteiger charge is 2.49. The third-order valence-corrected chi connectivity index (χ3v) is 10.4. The molecule has 0 bridgehead atoms.